The fourth-order valence-electron chi connectivity index (χ4n) is 1.87. The Kier molecular flexibility index (Phi) is 4.33. The van der Waals surface area contributed by atoms with Gasteiger partial charge in [0, 0.05) is 35.6 Å². The molecule has 1 aromatic carbocycles. The molecule has 0 unspecified atom stereocenters. The van der Waals surface area contributed by atoms with E-state index in [1.165, 1.54) is 11.1 Å². The summed E-state index contributed by atoms with van der Waals surface area (Å²) in [5.74, 6) is 0. The molecule has 18 heavy (non-hydrogen) atoms. The van der Waals surface area contributed by atoms with Crippen molar-refractivity contribution in [2.75, 3.05) is 12.8 Å². The van der Waals surface area contributed by atoms with E-state index in [1.54, 1.807) is 6.20 Å². The van der Waals surface area contributed by atoms with Gasteiger partial charge in [-0.3, -0.25) is 9.88 Å². The summed E-state index contributed by atoms with van der Waals surface area (Å²) in [6.07, 6.45) is 3.68. The quantitative estimate of drug-likeness (QED) is 0.883. The van der Waals surface area contributed by atoms with Gasteiger partial charge in [-0.15, -0.1) is 0 Å². The van der Waals surface area contributed by atoms with Crippen LogP contribution in [0.5, 0.6) is 0 Å². The number of hydrogen-bond donors (Lipinski definition) is 1. The third-order valence-electron chi connectivity index (χ3n) is 2.72. The Morgan fingerprint density at radius 2 is 2.06 bits per heavy atom. The lowest BCUT2D eigenvalue weighted by Crippen LogP contribution is -2.17. The van der Waals surface area contributed by atoms with Gasteiger partial charge in [0.25, 0.3) is 0 Å². The average molecular weight is 306 g/mol. The van der Waals surface area contributed by atoms with Crippen molar-refractivity contribution in [2.24, 2.45) is 0 Å². The van der Waals surface area contributed by atoms with Crippen LogP contribution in [0.25, 0.3) is 0 Å². The van der Waals surface area contributed by atoms with Gasteiger partial charge in [0.05, 0.1) is 0 Å². The van der Waals surface area contributed by atoms with Gasteiger partial charge < -0.3 is 5.73 Å². The molecular weight excluding hydrogens is 290 g/mol. The second kappa shape index (κ2) is 5.98. The highest BCUT2D eigenvalue weighted by molar-refractivity contribution is 9.10. The summed E-state index contributed by atoms with van der Waals surface area (Å²) in [4.78, 5) is 6.35. The molecule has 94 valence electrons. The summed E-state index contributed by atoms with van der Waals surface area (Å²) in [5, 5.41) is 0. The molecule has 0 aliphatic carbocycles. The number of nitrogens with zero attached hydrogens (tertiary/aromatic N) is 2. The van der Waals surface area contributed by atoms with Crippen LogP contribution < -0.4 is 5.73 Å². The van der Waals surface area contributed by atoms with E-state index in [2.05, 4.69) is 45.0 Å². The minimum absolute atomic E-state index is 0.780. The van der Waals surface area contributed by atoms with Gasteiger partial charge in [-0.25, -0.2) is 0 Å². The highest BCUT2D eigenvalue weighted by Gasteiger charge is 2.06. The lowest BCUT2D eigenvalue weighted by Gasteiger charge is -2.18. The van der Waals surface area contributed by atoms with Gasteiger partial charge >= 0.3 is 0 Å². The first kappa shape index (κ1) is 13.1. The lowest BCUT2D eigenvalue weighted by molar-refractivity contribution is 0.318. The van der Waals surface area contributed by atoms with Crippen LogP contribution in [-0.2, 0) is 13.1 Å². The zero-order chi connectivity index (χ0) is 13.0. The number of nitrogen functional groups attached to an aromatic ring is 1. The van der Waals surface area contributed by atoms with Crippen LogP contribution in [0.1, 0.15) is 11.1 Å². The Labute approximate surface area is 116 Å². The molecule has 1 heterocycles. The van der Waals surface area contributed by atoms with Gasteiger partial charge in [0.15, 0.2) is 0 Å². The number of halogens is 1. The Morgan fingerprint density at radius 3 is 2.78 bits per heavy atom. The zero-order valence-corrected chi connectivity index (χ0v) is 11.9. The number of nitrogens with two attached hydrogens (primary N) is 1. The van der Waals surface area contributed by atoms with Gasteiger partial charge in [-0.05, 0) is 46.2 Å². The van der Waals surface area contributed by atoms with E-state index in [-0.39, 0.29) is 0 Å². The van der Waals surface area contributed by atoms with Crippen molar-refractivity contribution in [2.45, 2.75) is 13.1 Å². The van der Waals surface area contributed by atoms with Crippen molar-refractivity contribution in [3.63, 3.8) is 0 Å². The van der Waals surface area contributed by atoms with Crippen molar-refractivity contribution in [1.29, 1.82) is 0 Å². The average Bonchev–Trinajstić information content (AvgIpc) is 2.36. The second-order valence-electron chi connectivity index (χ2n) is 4.35. The highest BCUT2D eigenvalue weighted by atomic mass is 79.9. The molecule has 0 spiro atoms. The Balaban J connectivity index is 2.03. The molecule has 0 radical (unpaired) electrons. The van der Waals surface area contributed by atoms with Crippen LogP contribution in [0.3, 0.4) is 0 Å². The molecule has 0 amide bonds. The maximum atomic E-state index is 5.87. The van der Waals surface area contributed by atoms with Crippen molar-refractivity contribution in [3.05, 3.63) is 58.3 Å². The van der Waals surface area contributed by atoms with Gasteiger partial charge in [-0.2, -0.15) is 0 Å². The lowest BCUT2D eigenvalue weighted by atomic mass is 10.2. The van der Waals surface area contributed by atoms with Crippen molar-refractivity contribution >= 4 is 21.6 Å². The van der Waals surface area contributed by atoms with E-state index in [1.807, 2.05) is 24.4 Å². The SMILES string of the molecule is CN(Cc1cccnc1)Cc1cccc(N)c1Br. The molecule has 0 saturated heterocycles. The molecule has 4 heteroatoms. The van der Waals surface area contributed by atoms with Crippen LogP contribution >= 0.6 is 15.9 Å². The van der Waals surface area contributed by atoms with E-state index in [0.717, 1.165) is 23.2 Å². The Bertz CT molecular complexity index is 514. The summed E-state index contributed by atoms with van der Waals surface area (Å²) in [6.45, 7) is 1.72. The Hall–Kier alpha value is -1.39. The second-order valence-corrected chi connectivity index (χ2v) is 5.15. The third-order valence-corrected chi connectivity index (χ3v) is 3.69. The summed E-state index contributed by atoms with van der Waals surface area (Å²) in [5.41, 5.74) is 9.06. The summed E-state index contributed by atoms with van der Waals surface area (Å²) >= 11 is 3.53. The molecule has 0 aliphatic rings. The number of pyridine rings is 1. The predicted molar refractivity (Wildman–Crippen MR) is 78.0 cm³/mol. The topological polar surface area (TPSA) is 42.2 Å². The van der Waals surface area contributed by atoms with E-state index in [4.69, 9.17) is 5.73 Å². The van der Waals surface area contributed by atoms with Crippen LogP contribution in [0.4, 0.5) is 5.69 Å². The number of benzene rings is 1. The normalized spacial score (nSPS) is 10.8. The zero-order valence-electron chi connectivity index (χ0n) is 10.3. The molecule has 2 rings (SSSR count). The minimum Gasteiger partial charge on any atom is -0.398 e. The summed E-state index contributed by atoms with van der Waals surface area (Å²) in [7, 11) is 2.09. The van der Waals surface area contributed by atoms with E-state index in [0.29, 0.717) is 0 Å². The molecule has 0 bridgehead atoms. The van der Waals surface area contributed by atoms with E-state index < -0.39 is 0 Å². The van der Waals surface area contributed by atoms with Crippen LogP contribution in [0, 0.1) is 0 Å². The Morgan fingerprint density at radius 1 is 1.22 bits per heavy atom. The molecular formula is C14H16BrN3. The summed E-state index contributed by atoms with van der Waals surface area (Å²) < 4.78 is 0.989. The van der Waals surface area contributed by atoms with Gasteiger partial charge in [0.1, 0.15) is 0 Å². The first-order valence-electron chi connectivity index (χ1n) is 5.77. The molecule has 2 aromatic rings. The summed E-state index contributed by atoms with van der Waals surface area (Å²) in [6, 6.07) is 10.00. The van der Waals surface area contributed by atoms with Crippen LogP contribution in [0.15, 0.2) is 47.2 Å². The van der Waals surface area contributed by atoms with Gasteiger partial charge in [0.2, 0.25) is 0 Å². The number of anilines is 1. The molecule has 1 aromatic heterocycles. The number of rotatable bonds is 4. The first-order chi connectivity index (χ1) is 8.66. The number of aromatic nitrogens is 1. The van der Waals surface area contributed by atoms with Crippen molar-refractivity contribution in [1.82, 2.24) is 9.88 Å². The molecule has 0 saturated carbocycles. The van der Waals surface area contributed by atoms with E-state index in [9.17, 15) is 0 Å². The smallest absolute Gasteiger partial charge is 0.0461 e. The molecule has 0 fully saturated rings. The molecule has 0 aliphatic heterocycles. The molecule has 2 N–H and O–H groups in total. The first-order valence-corrected chi connectivity index (χ1v) is 6.56. The highest BCUT2D eigenvalue weighted by Crippen LogP contribution is 2.24. The molecule has 0 atom stereocenters. The van der Waals surface area contributed by atoms with Crippen molar-refractivity contribution in [3.8, 4) is 0 Å². The van der Waals surface area contributed by atoms with Gasteiger partial charge in [-0.1, -0.05) is 18.2 Å². The maximum Gasteiger partial charge on any atom is 0.0461 e. The predicted octanol–water partition coefficient (Wildman–Crippen LogP) is 3.06. The fourth-order valence-corrected chi connectivity index (χ4v) is 2.26. The van der Waals surface area contributed by atoms with Crippen molar-refractivity contribution < 1.29 is 0 Å². The monoisotopic (exact) mass is 305 g/mol. The standard InChI is InChI=1S/C14H16BrN3/c1-18(9-11-4-3-7-17-8-11)10-12-5-2-6-13(16)14(12)15/h2-8H,9-10,16H2,1H3. The van der Waals surface area contributed by atoms with Crippen LogP contribution in [0.2, 0.25) is 0 Å². The van der Waals surface area contributed by atoms with Crippen LogP contribution in [-0.4, -0.2) is 16.9 Å². The molecule has 3 nitrogen and oxygen atoms in total. The largest absolute Gasteiger partial charge is 0.398 e. The maximum absolute atomic E-state index is 5.87. The fraction of sp³-hybridized carbons (Fsp3) is 0.214. The van der Waals surface area contributed by atoms with E-state index >= 15 is 0 Å². The number of hydrogen-bond acceptors (Lipinski definition) is 3. The minimum atomic E-state index is 0.780. The third kappa shape index (κ3) is 3.31.